The molecule has 0 spiro atoms. The second-order valence-electron chi connectivity index (χ2n) is 11.6. The van der Waals surface area contributed by atoms with Crippen LogP contribution in [0.25, 0.3) is 33.1 Å². The first-order valence-corrected chi connectivity index (χ1v) is 16.2. The second kappa shape index (κ2) is 14.2. The Labute approximate surface area is 292 Å². The Bertz CT molecular complexity index is 2140. The molecule has 0 bridgehead atoms. The summed E-state index contributed by atoms with van der Waals surface area (Å²) in [6.07, 6.45) is 0. The van der Waals surface area contributed by atoms with Crippen LogP contribution in [0.4, 0.5) is 0 Å². The van der Waals surface area contributed by atoms with Gasteiger partial charge in [0, 0.05) is 22.3 Å². The molecule has 0 heterocycles. The summed E-state index contributed by atoms with van der Waals surface area (Å²) >= 11 is 0. The first kappa shape index (κ1) is 32.0. The first-order chi connectivity index (χ1) is 24.6. The Morgan fingerprint density at radius 3 is 0.960 bits per heavy atom. The van der Waals surface area contributed by atoms with E-state index in [1.165, 1.54) is 0 Å². The average molecular weight is 651 g/mol. The normalized spacial score (nSPS) is 11.2. The number of rotatable bonds is 8. The van der Waals surface area contributed by atoms with Crippen molar-refractivity contribution in [2.45, 2.75) is 0 Å². The van der Waals surface area contributed by atoms with Crippen molar-refractivity contribution in [3.05, 3.63) is 190 Å². The zero-order valence-corrected chi connectivity index (χ0v) is 28.3. The fourth-order valence-corrected chi connectivity index (χ4v) is 6.19. The molecule has 6 aromatic carbocycles. The number of benzene rings is 6. The van der Waals surface area contributed by atoms with Crippen LogP contribution in [0.1, 0.15) is 33.4 Å². The highest BCUT2D eigenvalue weighted by Crippen LogP contribution is 2.44. The van der Waals surface area contributed by atoms with Crippen molar-refractivity contribution in [2.75, 3.05) is 28.4 Å². The predicted molar refractivity (Wildman–Crippen MR) is 202 cm³/mol. The maximum absolute atomic E-state index is 5.44. The van der Waals surface area contributed by atoms with Gasteiger partial charge in [0.25, 0.3) is 0 Å². The highest BCUT2D eigenvalue weighted by atomic mass is 16.5. The van der Waals surface area contributed by atoms with Gasteiger partial charge in [0.2, 0.25) is 0 Å². The van der Waals surface area contributed by atoms with Gasteiger partial charge in [0.1, 0.15) is 23.0 Å². The third kappa shape index (κ3) is 6.31. The minimum atomic E-state index is 0.787. The molecule has 4 nitrogen and oxygen atoms in total. The number of methoxy groups -OCH3 is 4. The van der Waals surface area contributed by atoms with Crippen LogP contribution in [0.2, 0.25) is 0 Å². The van der Waals surface area contributed by atoms with E-state index in [-0.39, 0.29) is 0 Å². The van der Waals surface area contributed by atoms with Crippen molar-refractivity contribution in [3.8, 4) is 23.0 Å². The zero-order valence-electron chi connectivity index (χ0n) is 28.3. The van der Waals surface area contributed by atoms with Crippen LogP contribution >= 0.6 is 0 Å². The first-order valence-electron chi connectivity index (χ1n) is 16.2. The second-order valence-corrected chi connectivity index (χ2v) is 11.6. The lowest BCUT2D eigenvalue weighted by Gasteiger charge is -2.08. The van der Waals surface area contributed by atoms with Crippen molar-refractivity contribution in [3.63, 3.8) is 0 Å². The molecule has 7 rings (SSSR count). The summed E-state index contributed by atoms with van der Waals surface area (Å²) in [5.74, 6) is 3.15. The largest absolute Gasteiger partial charge is 0.497 e. The van der Waals surface area contributed by atoms with Gasteiger partial charge in [-0.25, -0.2) is 0 Å². The topological polar surface area (TPSA) is 36.9 Å². The summed E-state index contributed by atoms with van der Waals surface area (Å²) in [5.41, 5.74) is 24.1. The summed E-state index contributed by atoms with van der Waals surface area (Å²) in [6.45, 7) is 0. The number of ether oxygens (including phenoxy) is 4. The maximum Gasteiger partial charge on any atom is 0.118 e. The van der Waals surface area contributed by atoms with E-state index in [0.717, 1.165) is 89.4 Å². The van der Waals surface area contributed by atoms with E-state index in [1.807, 2.05) is 97.1 Å². The third-order valence-corrected chi connectivity index (χ3v) is 8.83. The molecule has 1 aliphatic carbocycles. The van der Waals surface area contributed by atoms with E-state index in [0.29, 0.717) is 0 Å². The quantitative estimate of drug-likeness (QED) is 0.154. The third-order valence-electron chi connectivity index (χ3n) is 8.83. The van der Waals surface area contributed by atoms with E-state index in [2.05, 4.69) is 59.3 Å². The minimum Gasteiger partial charge on any atom is -0.497 e. The Balaban J connectivity index is 1.55. The molecule has 0 saturated carbocycles. The molecule has 0 aromatic heterocycles. The summed E-state index contributed by atoms with van der Waals surface area (Å²) in [4.78, 5) is 0. The lowest BCUT2D eigenvalue weighted by molar-refractivity contribution is 0.414. The Morgan fingerprint density at radius 1 is 0.380 bits per heavy atom. The number of hydrogen-bond donors (Lipinski definition) is 0. The predicted octanol–water partition coefficient (Wildman–Crippen LogP) is 10.4. The van der Waals surface area contributed by atoms with Gasteiger partial charge in [0.05, 0.1) is 28.4 Å². The molecule has 0 fully saturated rings. The van der Waals surface area contributed by atoms with Gasteiger partial charge in [-0.05, 0) is 92.7 Å². The molecule has 0 aliphatic heterocycles. The SMILES string of the molecule is COc1ccc(C(=C=C=C2C(=C=C=C(c3ccc(OC)cc3)c3ccc(OC)cc3)c3cccc4cccc2c34)c2ccc(OC)cc2)cc1. The summed E-state index contributed by atoms with van der Waals surface area (Å²) < 4.78 is 21.8. The van der Waals surface area contributed by atoms with Gasteiger partial charge in [-0.15, -0.1) is 0 Å². The molecule has 0 unspecified atom stereocenters. The van der Waals surface area contributed by atoms with E-state index in [1.54, 1.807) is 28.4 Å². The summed E-state index contributed by atoms with van der Waals surface area (Å²) in [6, 6.07) is 44.7. The van der Waals surface area contributed by atoms with Crippen molar-refractivity contribution in [1.29, 1.82) is 0 Å². The fraction of sp³-hybridized carbons (Fsp3) is 0.0870. The monoisotopic (exact) mass is 650 g/mol. The summed E-state index contributed by atoms with van der Waals surface area (Å²) in [5, 5.41) is 2.31. The van der Waals surface area contributed by atoms with Gasteiger partial charge in [-0.3, -0.25) is 0 Å². The summed E-state index contributed by atoms with van der Waals surface area (Å²) in [7, 11) is 6.68. The molecular formula is C46H34O4. The lowest BCUT2D eigenvalue weighted by Crippen LogP contribution is -1.89. The van der Waals surface area contributed by atoms with E-state index < -0.39 is 0 Å². The molecule has 242 valence electrons. The lowest BCUT2D eigenvalue weighted by atomic mass is 9.97. The van der Waals surface area contributed by atoms with Crippen LogP contribution in [0.3, 0.4) is 0 Å². The van der Waals surface area contributed by atoms with Crippen LogP contribution in [-0.4, -0.2) is 28.4 Å². The Kier molecular flexibility index (Phi) is 9.10. The van der Waals surface area contributed by atoms with Gasteiger partial charge in [-0.1, -0.05) is 108 Å². The van der Waals surface area contributed by atoms with Crippen molar-refractivity contribution in [1.82, 2.24) is 0 Å². The van der Waals surface area contributed by atoms with Gasteiger partial charge >= 0.3 is 0 Å². The maximum atomic E-state index is 5.44. The highest BCUT2D eigenvalue weighted by Gasteiger charge is 2.24. The van der Waals surface area contributed by atoms with Crippen LogP contribution in [-0.2, 0) is 0 Å². The molecule has 0 radical (unpaired) electrons. The van der Waals surface area contributed by atoms with Gasteiger partial charge < -0.3 is 18.9 Å². The van der Waals surface area contributed by atoms with Crippen LogP contribution in [0.5, 0.6) is 23.0 Å². The van der Waals surface area contributed by atoms with Crippen molar-refractivity contribution in [2.24, 2.45) is 0 Å². The Morgan fingerprint density at radius 2 is 0.680 bits per heavy atom. The van der Waals surface area contributed by atoms with Crippen LogP contribution in [0, 0.1) is 0 Å². The van der Waals surface area contributed by atoms with Gasteiger partial charge in [0.15, 0.2) is 0 Å². The van der Waals surface area contributed by atoms with E-state index >= 15 is 0 Å². The fourth-order valence-electron chi connectivity index (χ4n) is 6.19. The molecule has 0 saturated heterocycles. The van der Waals surface area contributed by atoms with Gasteiger partial charge in [-0.2, -0.15) is 0 Å². The van der Waals surface area contributed by atoms with E-state index in [9.17, 15) is 0 Å². The minimum absolute atomic E-state index is 0.787. The van der Waals surface area contributed by atoms with Crippen molar-refractivity contribution >= 4 is 33.1 Å². The molecule has 0 atom stereocenters. The van der Waals surface area contributed by atoms with E-state index in [4.69, 9.17) is 18.9 Å². The highest BCUT2D eigenvalue weighted by molar-refractivity contribution is 6.21. The molecule has 0 N–H and O–H groups in total. The smallest absolute Gasteiger partial charge is 0.118 e. The Hall–Kier alpha value is -6.62. The molecule has 6 aromatic rings. The number of allylic oxidation sites excluding steroid dienone is 2. The van der Waals surface area contributed by atoms with Crippen LogP contribution < -0.4 is 18.9 Å². The molecule has 4 heteroatoms. The van der Waals surface area contributed by atoms with Crippen LogP contribution in [0.15, 0.2) is 156 Å². The molecule has 50 heavy (non-hydrogen) atoms. The number of hydrogen-bond acceptors (Lipinski definition) is 4. The standard InChI is InChI=1S/C46H34O4/c1-47-36-19-11-31(12-20-36)40(32-13-21-37(48-2)22-14-32)27-29-42-43(45-10-6-8-35-7-5-9-44(42)46(35)45)30-28-41(33-15-23-38(49-3)24-16-33)34-17-25-39(50-4)26-18-34/h5-26H,1-4H3. The molecule has 1 aliphatic rings. The average Bonchev–Trinajstić information content (AvgIpc) is 3.49. The van der Waals surface area contributed by atoms with Crippen molar-refractivity contribution < 1.29 is 18.9 Å². The molecule has 0 amide bonds. The zero-order chi connectivity index (χ0) is 34.5. The molecular weight excluding hydrogens is 617 g/mol.